The van der Waals surface area contributed by atoms with Crippen molar-refractivity contribution in [1.29, 1.82) is 0 Å². The number of nitrogens with zero attached hydrogens (tertiary/aromatic N) is 1. The van der Waals surface area contributed by atoms with Crippen molar-refractivity contribution in [1.82, 2.24) is 0 Å². The molecule has 0 saturated heterocycles. The summed E-state index contributed by atoms with van der Waals surface area (Å²) in [7, 11) is 0. The van der Waals surface area contributed by atoms with Crippen LogP contribution in [0.4, 0.5) is 17.1 Å². The Morgan fingerprint density at radius 2 is 0.793 bits per heavy atom. The Hall–Kier alpha value is -7.68. The normalized spacial score (nSPS) is 11.4. The van der Waals surface area contributed by atoms with Crippen molar-refractivity contribution >= 4 is 60.5 Å². The Balaban J connectivity index is 1.09. The maximum Gasteiger partial charge on any atom is 0.135 e. The molecule has 0 N–H and O–H groups in total. The van der Waals surface area contributed by atoms with Crippen LogP contribution in [0.25, 0.3) is 88.0 Å². The van der Waals surface area contributed by atoms with Crippen molar-refractivity contribution in [2.24, 2.45) is 0 Å². The summed E-state index contributed by atoms with van der Waals surface area (Å²) < 4.78 is 6.26. The fraction of sp³-hybridized carbons (Fsp3) is 0. The van der Waals surface area contributed by atoms with E-state index in [2.05, 4.69) is 217 Å². The van der Waals surface area contributed by atoms with Crippen molar-refractivity contribution in [2.75, 3.05) is 4.90 Å². The third-order valence-electron chi connectivity index (χ3n) is 11.5. The van der Waals surface area contributed by atoms with Gasteiger partial charge in [0.1, 0.15) is 11.2 Å². The van der Waals surface area contributed by atoms with Crippen molar-refractivity contribution in [3.8, 4) is 44.5 Å². The first-order valence-corrected chi connectivity index (χ1v) is 19.8. The van der Waals surface area contributed by atoms with E-state index in [-0.39, 0.29) is 0 Å². The van der Waals surface area contributed by atoms with Gasteiger partial charge < -0.3 is 9.32 Å². The molecule has 0 fully saturated rings. The van der Waals surface area contributed by atoms with Gasteiger partial charge in [-0.25, -0.2) is 0 Å². The summed E-state index contributed by atoms with van der Waals surface area (Å²) in [5.74, 6) is 0. The fourth-order valence-corrected chi connectivity index (χ4v) is 8.79. The zero-order chi connectivity index (χ0) is 38.4. The second-order valence-corrected chi connectivity index (χ2v) is 14.8. The highest BCUT2D eigenvalue weighted by Crippen LogP contribution is 2.47. The van der Waals surface area contributed by atoms with Crippen LogP contribution in [-0.4, -0.2) is 0 Å². The van der Waals surface area contributed by atoms with Crippen LogP contribution in [0.2, 0.25) is 0 Å². The smallest absolute Gasteiger partial charge is 0.135 e. The molecule has 0 aliphatic heterocycles. The third kappa shape index (κ3) is 5.74. The van der Waals surface area contributed by atoms with Crippen LogP contribution in [0.15, 0.2) is 229 Å². The Labute approximate surface area is 337 Å². The van der Waals surface area contributed by atoms with E-state index in [1.54, 1.807) is 0 Å². The minimum absolute atomic E-state index is 0.881. The molecule has 2 heteroatoms. The molecule has 0 radical (unpaired) electrons. The van der Waals surface area contributed by atoms with Gasteiger partial charge in [-0.2, -0.15) is 0 Å². The molecular weight excluding hydrogens is 703 g/mol. The molecule has 0 aliphatic carbocycles. The zero-order valence-electron chi connectivity index (χ0n) is 31.7. The van der Waals surface area contributed by atoms with Gasteiger partial charge in [0.25, 0.3) is 0 Å². The molecule has 0 saturated carbocycles. The van der Waals surface area contributed by atoms with Gasteiger partial charge in [0.2, 0.25) is 0 Å². The fourth-order valence-electron chi connectivity index (χ4n) is 8.79. The molecule has 11 aromatic rings. The van der Waals surface area contributed by atoms with Gasteiger partial charge in [-0.1, -0.05) is 176 Å². The van der Waals surface area contributed by atoms with E-state index in [1.807, 2.05) is 12.1 Å². The lowest BCUT2D eigenvalue weighted by atomic mass is 9.84. The lowest BCUT2D eigenvalue weighted by molar-refractivity contribution is 0.669. The molecule has 1 heterocycles. The lowest BCUT2D eigenvalue weighted by Crippen LogP contribution is -2.11. The maximum atomic E-state index is 6.26. The molecule has 0 unspecified atom stereocenters. The summed E-state index contributed by atoms with van der Waals surface area (Å²) in [4.78, 5) is 2.37. The Kier molecular flexibility index (Phi) is 8.19. The number of hydrogen-bond donors (Lipinski definition) is 0. The maximum absolute atomic E-state index is 6.26. The minimum atomic E-state index is 0.881. The van der Waals surface area contributed by atoms with Crippen molar-refractivity contribution in [3.63, 3.8) is 0 Å². The van der Waals surface area contributed by atoms with Crippen LogP contribution < -0.4 is 4.90 Å². The predicted molar refractivity (Wildman–Crippen MR) is 245 cm³/mol. The molecule has 0 aliphatic rings. The van der Waals surface area contributed by atoms with Gasteiger partial charge in [-0.3, -0.25) is 0 Å². The van der Waals surface area contributed by atoms with Crippen molar-refractivity contribution in [2.45, 2.75) is 0 Å². The average molecular weight is 740 g/mol. The molecule has 0 amide bonds. The minimum Gasteiger partial charge on any atom is -0.456 e. The van der Waals surface area contributed by atoms with Crippen LogP contribution in [0.3, 0.4) is 0 Å². The van der Waals surface area contributed by atoms with Gasteiger partial charge in [0.15, 0.2) is 0 Å². The first kappa shape index (κ1) is 33.6. The third-order valence-corrected chi connectivity index (χ3v) is 11.5. The molecule has 58 heavy (non-hydrogen) atoms. The van der Waals surface area contributed by atoms with E-state index in [4.69, 9.17) is 4.42 Å². The number of benzene rings is 10. The molecule has 11 rings (SSSR count). The molecule has 2 nitrogen and oxygen atoms in total. The molecule has 272 valence electrons. The molecular formula is C56H37NO. The number of anilines is 3. The lowest BCUT2D eigenvalue weighted by Gasteiger charge is -2.28. The number of para-hydroxylation sites is 2. The Morgan fingerprint density at radius 1 is 0.276 bits per heavy atom. The monoisotopic (exact) mass is 739 g/mol. The second-order valence-electron chi connectivity index (χ2n) is 14.8. The van der Waals surface area contributed by atoms with Gasteiger partial charge in [0, 0.05) is 27.7 Å². The molecule has 10 aromatic carbocycles. The second kappa shape index (κ2) is 14.1. The van der Waals surface area contributed by atoms with Crippen molar-refractivity contribution in [3.05, 3.63) is 224 Å². The van der Waals surface area contributed by atoms with Crippen LogP contribution in [0.1, 0.15) is 0 Å². The van der Waals surface area contributed by atoms with Gasteiger partial charge >= 0.3 is 0 Å². The van der Waals surface area contributed by atoms with E-state index in [9.17, 15) is 0 Å². The van der Waals surface area contributed by atoms with E-state index < -0.39 is 0 Å². The number of furan rings is 1. The summed E-state index contributed by atoms with van der Waals surface area (Å²) in [6.07, 6.45) is 0. The zero-order valence-corrected chi connectivity index (χ0v) is 31.7. The molecule has 1 aromatic heterocycles. The van der Waals surface area contributed by atoms with E-state index >= 15 is 0 Å². The summed E-state index contributed by atoms with van der Waals surface area (Å²) in [5, 5.41) is 7.22. The highest BCUT2D eigenvalue weighted by molar-refractivity contribution is 6.22. The van der Waals surface area contributed by atoms with E-state index in [1.165, 1.54) is 54.9 Å². The molecule has 0 spiro atoms. The summed E-state index contributed by atoms with van der Waals surface area (Å²) in [6.45, 7) is 0. The Bertz CT molecular complexity index is 3260. The summed E-state index contributed by atoms with van der Waals surface area (Å²) >= 11 is 0. The highest BCUT2D eigenvalue weighted by Gasteiger charge is 2.21. The van der Waals surface area contributed by atoms with Crippen molar-refractivity contribution < 1.29 is 4.42 Å². The van der Waals surface area contributed by atoms with E-state index in [0.717, 1.165) is 50.1 Å². The number of hydrogen-bond acceptors (Lipinski definition) is 2. The van der Waals surface area contributed by atoms with Gasteiger partial charge in [0.05, 0.1) is 5.69 Å². The highest BCUT2D eigenvalue weighted by atomic mass is 16.3. The van der Waals surface area contributed by atoms with Crippen LogP contribution in [-0.2, 0) is 0 Å². The standard InChI is InChI=1S/C56H37NO/c1-4-16-39(17-5-1)45-22-12-14-26-52(45)57(44-33-35-54-50(37-44)48-24-13-15-27-53(48)58-54)43-31-28-38(29-32-43)42-30-34-47-46-23-10-11-25-49(46)55(40-18-6-2-7-19-40)56(51(47)36-42)41-20-8-3-9-21-41/h1-37H. The topological polar surface area (TPSA) is 16.4 Å². The van der Waals surface area contributed by atoms with Gasteiger partial charge in [-0.05, 0) is 109 Å². The van der Waals surface area contributed by atoms with Gasteiger partial charge in [-0.15, -0.1) is 0 Å². The summed E-state index contributed by atoms with van der Waals surface area (Å²) in [6, 6.07) is 80.7. The van der Waals surface area contributed by atoms with E-state index in [0.29, 0.717) is 0 Å². The van der Waals surface area contributed by atoms with Crippen LogP contribution in [0.5, 0.6) is 0 Å². The predicted octanol–water partition coefficient (Wildman–Crippen LogP) is 16.0. The first-order valence-electron chi connectivity index (χ1n) is 19.8. The largest absolute Gasteiger partial charge is 0.456 e. The Morgan fingerprint density at radius 3 is 1.52 bits per heavy atom. The SMILES string of the molecule is c1ccc(-c2ccccc2N(c2ccc(-c3ccc4c(c3)c(-c3ccccc3)c(-c3ccccc3)c3ccccc34)cc2)c2ccc3oc4ccccc4c3c2)cc1. The van der Waals surface area contributed by atoms with Crippen LogP contribution >= 0.6 is 0 Å². The quantitative estimate of drug-likeness (QED) is 0.151. The number of rotatable bonds is 7. The first-order chi connectivity index (χ1) is 28.8. The molecule has 0 atom stereocenters. The summed E-state index contributed by atoms with van der Waals surface area (Å²) in [5.41, 5.74) is 14.6. The van der Waals surface area contributed by atoms with Crippen LogP contribution in [0, 0.1) is 0 Å². The average Bonchev–Trinajstić information content (AvgIpc) is 3.68. The molecule has 0 bridgehead atoms. The number of fused-ring (bicyclic) bond motifs is 6.